The van der Waals surface area contributed by atoms with Crippen molar-refractivity contribution in [1.29, 1.82) is 0 Å². The summed E-state index contributed by atoms with van der Waals surface area (Å²) in [5.74, 6) is 1.16. The van der Waals surface area contributed by atoms with E-state index in [0.29, 0.717) is 29.8 Å². The number of morpholine rings is 1. The van der Waals surface area contributed by atoms with E-state index in [0.717, 1.165) is 28.0 Å². The third-order valence-electron chi connectivity index (χ3n) is 4.79. The first-order chi connectivity index (χ1) is 13.7. The van der Waals surface area contributed by atoms with Crippen molar-refractivity contribution in [3.05, 3.63) is 57.6 Å². The third-order valence-corrected chi connectivity index (χ3v) is 6.39. The summed E-state index contributed by atoms with van der Waals surface area (Å²) in [5.41, 5.74) is 1.11. The van der Waals surface area contributed by atoms with Gasteiger partial charge in [-0.3, -0.25) is 4.90 Å². The summed E-state index contributed by atoms with van der Waals surface area (Å²) in [7, 11) is 0. The topological polar surface area (TPSA) is 76.0 Å². The second kappa shape index (κ2) is 7.32. The number of benzene rings is 1. The van der Waals surface area contributed by atoms with Crippen LogP contribution in [0.5, 0.6) is 5.88 Å². The summed E-state index contributed by atoms with van der Waals surface area (Å²) < 4.78 is 13.4. The zero-order chi connectivity index (χ0) is 19.1. The van der Waals surface area contributed by atoms with Crippen LogP contribution in [0.4, 0.5) is 0 Å². The first-order valence-electron chi connectivity index (χ1n) is 8.90. The molecule has 1 aliphatic rings. The Morgan fingerprint density at radius 2 is 1.93 bits per heavy atom. The van der Waals surface area contributed by atoms with Gasteiger partial charge < -0.3 is 14.3 Å². The number of hydrogen-bond acceptors (Lipinski definition) is 7. The van der Waals surface area contributed by atoms with Crippen molar-refractivity contribution < 1.29 is 14.3 Å². The molecule has 9 heteroatoms. The molecule has 0 aliphatic carbocycles. The van der Waals surface area contributed by atoms with Gasteiger partial charge in [0.25, 0.3) is 0 Å². The van der Waals surface area contributed by atoms with Gasteiger partial charge in [-0.15, -0.1) is 5.10 Å². The number of hydrogen-bond donors (Lipinski definition) is 1. The lowest BCUT2D eigenvalue weighted by atomic mass is 10.0. The summed E-state index contributed by atoms with van der Waals surface area (Å²) in [6, 6.07) is 11.7. The lowest BCUT2D eigenvalue weighted by Gasteiger charge is -2.34. The van der Waals surface area contributed by atoms with Crippen LogP contribution in [-0.4, -0.2) is 50.9 Å². The fraction of sp³-hybridized carbons (Fsp3) is 0.263. The Morgan fingerprint density at radius 1 is 1.14 bits per heavy atom. The molecule has 144 valence electrons. The smallest absolute Gasteiger partial charge is 0.230 e. The van der Waals surface area contributed by atoms with Crippen molar-refractivity contribution in [3.8, 4) is 17.5 Å². The van der Waals surface area contributed by atoms with E-state index < -0.39 is 0 Å². The van der Waals surface area contributed by atoms with Crippen LogP contribution in [0.1, 0.15) is 16.5 Å². The van der Waals surface area contributed by atoms with Crippen LogP contribution in [-0.2, 0) is 4.74 Å². The lowest BCUT2D eigenvalue weighted by molar-refractivity contribution is 0.0241. The molecule has 7 nitrogen and oxygen atoms in total. The van der Waals surface area contributed by atoms with Crippen LogP contribution in [0.2, 0.25) is 0 Å². The van der Waals surface area contributed by atoms with E-state index in [4.69, 9.17) is 9.15 Å². The van der Waals surface area contributed by atoms with E-state index in [1.165, 1.54) is 15.9 Å². The second-order valence-electron chi connectivity index (χ2n) is 6.50. The Kier molecular flexibility index (Phi) is 4.67. The van der Waals surface area contributed by atoms with Crippen molar-refractivity contribution in [3.63, 3.8) is 0 Å². The molecule has 1 unspecified atom stereocenters. The van der Waals surface area contributed by atoms with Gasteiger partial charge in [-0.1, -0.05) is 39.4 Å². The predicted octanol–water partition coefficient (Wildman–Crippen LogP) is 3.94. The van der Waals surface area contributed by atoms with Crippen molar-refractivity contribution >= 4 is 32.2 Å². The molecule has 1 fully saturated rings. The van der Waals surface area contributed by atoms with Crippen LogP contribution < -0.4 is 0 Å². The van der Waals surface area contributed by atoms with Crippen molar-refractivity contribution in [2.75, 3.05) is 26.3 Å². The molecule has 0 bridgehead atoms. The molecule has 1 N–H and O–H groups in total. The highest BCUT2D eigenvalue weighted by Crippen LogP contribution is 2.40. The average Bonchev–Trinajstić information content (AvgIpc) is 3.43. The monoisotopic (exact) mass is 460 g/mol. The van der Waals surface area contributed by atoms with Gasteiger partial charge in [0.2, 0.25) is 16.7 Å². The maximum Gasteiger partial charge on any atom is 0.230 e. The highest BCUT2D eigenvalue weighted by Gasteiger charge is 2.30. The Labute approximate surface area is 173 Å². The number of aromatic nitrogens is 3. The number of fused-ring (bicyclic) bond motifs is 1. The Morgan fingerprint density at radius 3 is 2.61 bits per heavy atom. The van der Waals surface area contributed by atoms with Gasteiger partial charge in [-0.25, -0.2) is 0 Å². The van der Waals surface area contributed by atoms with E-state index in [1.807, 2.05) is 12.1 Å². The molecule has 4 heterocycles. The molecule has 0 saturated carbocycles. The van der Waals surface area contributed by atoms with E-state index in [9.17, 15) is 5.11 Å². The lowest BCUT2D eigenvalue weighted by Crippen LogP contribution is -2.39. The molecule has 4 aromatic rings. The van der Waals surface area contributed by atoms with Crippen LogP contribution >= 0.6 is 27.3 Å². The fourth-order valence-electron chi connectivity index (χ4n) is 3.45. The van der Waals surface area contributed by atoms with Gasteiger partial charge in [0.05, 0.1) is 30.4 Å². The third kappa shape index (κ3) is 3.14. The molecule has 1 atom stereocenters. The molecular weight excluding hydrogens is 444 g/mol. The van der Waals surface area contributed by atoms with Crippen LogP contribution in [0.15, 0.2) is 51.6 Å². The van der Waals surface area contributed by atoms with Gasteiger partial charge in [-0.2, -0.15) is 9.50 Å². The van der Waals surface area contributed by atoms with E-state index in [1.54, 1.807) is 18.4 Å². The molecular formula is C19H17BrN4O3S. The van der Waals surface area contributed by atoms with Crippen molar-refractivity contribution in [2.45, 2.75) is 6.04 Å². The summed E-state index contributed by atoms with van der Waals surface area (Å²) in [6.45, 7) is 2.95. The van der Waals surface area contributed by atoms with Crippen LogP contribution in [0.25, 0.3) is 16.5 Å². The number of halogens is 1. The number of aromatic hydroxyl groups is 1. The van der Waals surface area contributed by atoms with Gasteiger partial charge in [0.15, 0.2) is 5.76 Å². The standard InChI is InChI=1S/C19H17BrN4O3S/c20-13-5-3-12(4-6-13)15(23-7-10-26-11-8-23)16-18(25)24-19(28-16)21-17(22-24)14-2-1-9-27-14/h1-6,9,15,25H,7-8,10-11H2. The molecule has 3 aromatic heterocycles. The highest BCUT2D eigenvalue weighted by molar-refractivity contribution is 9.10. The number of thiazole rings is 1. The minimum atomic E-state index is -0.0856. The number of nitrogens with zero attached hydrogens (tertiary/aromatic N) is 4. The summed E-state index contributed by atoms with van der Waals surface area (Å²) in [5, 5.41) is 15.4. The zero-order valence-corrected chi connectivity index (χ0v) is 17.2. The van der Waals surface area contributed by atoms with Gasteiger partial charge in [-0.05, 0) is 29.8 Å². The van der Waals surface area contributed by atoms with E-state index in [2.05, 4.69) is 43.0 Å². The number of furan rings is 1. The van der Waals surface area contributed by atoms with Crippen LogP contribution in [0.3, 0.4) is 0 Å². The SMILES string of the molecule is Oc1c(C(c2ccc(Br)cc2)N2CCOCC2)sc2nc(-c3ccco3)nn12. The van der Waals surface area contributed by atoms with Crippen LogP contribution in [0, 0.1) is 0 Å². The molecule has 0 spiro atoms. The number of ether oxygens (including phenoxy) is 1. The summed E-state index contributed by atoms with van der Waals surface area (Å²) >= 11 is 4.94. The van der Waals surface area contributed by atoms with Gasteiger partial charge in [0.1, 0.15) is 0 Å². The fourth-order valence-corrected chi connectivity index (χ4v) is 4.83. The Bertz CT molecular complexity index is 1080. The van der Waals surface area contributed by atoms with E-state index >= 15 is 0 Å². The van der Waals surface area contributed by atoms with Gasteiger partial charge in [0, 0.05) is 17.6 Å². The second-order valence-corrected chi connectivity index (χ2v) is 8.42. The molecule has 28 heavy (non-hydrogen) atoms. The van der Waals surface area contributed by atoms with E-state index in [-0.39, 0.29) is 11.9 Å². The first kappa shape index (κ1) is 17.9. The van der Waals surface area contributed by atoms with Crippen molar-refractivity contribution in [2.24, 2.45) is 0 Å². The molecule has 0 amide bonds. The summed E-state index contributed by atoms with van der Waals surface area (Å²) in [4.78, 5) is 8.32. The molecule has 1 aromatic carbocycles. The van der Waals surface area contributed by atoms with Gasteiger partial charge >= 0.3 is 0 Å². The Balaban J connectivity index is 1.59. The summed E-state index contributed by atoms with van der Waals surface area (Å²) in [6.07, 6.45) is 1.58. The minimum absolute atomic E-state index is 0.0856. The maximum absolute atomic E-state index is 11.0. The molecule has 1 saturated heterocycles. The highest BCUT2D eigenvalue weighted by atomic mass is 79.9. The average molecular weight is 461 g/mol. The molecule has 1 aliphatic heterocycles. The van der Waals surface area contributed by atoms with Crippen molar-refractivity contribution in [1.82, 2.24) is 19.5 Å². The molecule has 5 rings (SSSR count). The largest absolute Gasteiger partial charge is 0.492 e. The number of rotatable bonds is 4. The quantitative estimate of drug-likeness (QED) is 0.496. The zero-order valence-electron chi connectivity index (χ0n) is 14.8. The first-order valence-corrected chi connectivity index (χ1v) is 10.5. The Hall–Kier alpha value is -2.20. The minimum Gasteiger partial charge on any atom is -0.492 e. The molecule has 0 radical (unpaired) electrons. The normalized spacial score (nSPS) is 16.6. The predicted molar refractivity (Wildman–Crippen MR) is 109 cm³/mol. The maximum atomic E-state index is 11.0.